The molecule has 0 saturated heterocycles. The number of benzene rings is 1. The van der Waals surface area contributed by atoms with Crippen molar-refractivity contribution >= 4 is 41.2 Å². The minimum atomic E-state index is -0.849. The fourth-order valence-electron chi connectivity index (χ4n) is 2.54. The number of nitrogens with zero attached hydrogens (tertiary/aromatic N) is 2. The van der Waals surface area contributed by atoms with E-state index in [2.05, 4.69) is 15.8 Å². The standard InChI is InChI=1S/C18H20Cl2N4O3/c1-11-6-13(10-22-23-18(26)17(25)21-4-5-27-3)12(2)24(11)16-8-14(19)7-15(20)9-16/h6-10H,4-5H2,1-3H3,(H,21,25)(H,23,26). The van der Waals surface area contributed by atoms with Gasteiger partial charge in [-0.05, 0) is 38.1 Å². The van der Waals surface area contributed by atoms with Crippen LogP contribution in [0.1, 0.15) is 17.0 Å². The molecule has 9 heteroatoms. The minimum absolute atomic E-state index is 0.246. The predicted octanol–water partition coefficient (Wildman–Crippen LogP) is 2.61. The third kappa shape index (κ3) is 5.56. The van der Waals surface area contributed by atoms with Crippen LogP contribution in [0.2, 0.25) is 10.0 Å². The molecule has 2 amide bonds. The van der Waals surface area contributed by atoms with Crippen LogP contribution in [0.3, 0.4) is 0 Å². The van der Waals surface area contributed by atoms with Gasteiger partial charge >= 0.3 is 11.8 Å². The Labute approximate surface area is 167 Å². The average Bonchev–Trinajstić information content (AvgIpc) is 2.87. The molecule has 1 aromatic carbocycles. The molecular weight excluding hydrogens is 391 g/mol. The van der Waals surface area contributed by atoms with Crippen LogP contribution in [0.4, 0.5) is 0 Å². The van der Waals surface area contributed by atoms with E-state index in [0.29, 0.717) is 16.7 Å². The quantitative estimate of drug-likeness (QED) is 0.332. The molecule has 0 atom stereocenters. The molecule has 0 saturated carbocycles. The first kappa shape index (κ1) is 21.0. The zero-order chi connectivity index (χ0) is 20.0. The second-order valence-corrected chi connectivity index (χ2v) is 6.61. The lowest BCUT2D eigenvalue weighted by Crippen LogP contribution is -2.39. The molecule has 0 spiro atoms. The van der Waals surface area contributed by atoms with Crippen LogP contribution in [0, 0.1) is 13.8 Å². The van der Waals surface area contributed by atoms with Gasteiger partial charge in [0, 0.05) is 46.3 Å². The molecule has 144 valence electrons. The zero-order valence-corrected chi connectivity index (χ0v) is 16.7. The van der Waals surface area contributed by atoms with Crippen molar-refractivity contribution < 1.29 is 14.3 Å². The van der Waals surface area contributed by atoms with E-state index in [9.17, 15) is 9.59 Å². The summed E-state index contributed by atoms with van der Waals surface area (Å²) in [4.78, 5) is 23.2. The molecule has 1 heterocycles. The Morgan fingerprint density at radius 2 is 1.81 bits per heavy atom. The summed E-state index contributed by atoms with van der Waals surface area (Å²) in [7, 11) is 1.50. The van der Waals surface area contributed by atoms with Crippen LogP contribution in [-0.4, -0.2) is 42.9 Å². The molecule has 0 aliphatic carbocycles. The highest BCUT2D eigenvalue weighted by molar-refractivity contribution is 6.35. The number of carbonyl (C=O) groups is 2. The van der Waals surface area contributed by atoms with Gasteiger partial charge in [-0.25, -0.2) is 5.43 Å². The fraction of sp³-hybridized carbons (Fsp3) is 0.278. The summed E-state index contributed by atoms with van der Waals surface area (Å²) >= 11 is 12.2. The first-order chi connectivity index (χ1) is 12.8. The molecule has 27 heavy (non-hydrogen) atoms. The number of methoxy groups -OCH3 is 1. The van der Waals surface area contributed by atoms with Gasteiger partial charge in [0.15, 0.2) is 0 Å². The van der Waals surface area contributed by atoms with Crippen molar-refractivity contribution in [3.8, 4) is 5.69 Å². The second kappa shape index (κ2) is 9.55. The maximum absolute atomic E-state index is 11.7. The van der Waals surface area contributed by atoms with E-state index < -0.39 is 11.8 Å². The number of amides is 2. The van der Waals surface area contributed by atoms with Gasteiger partial charge in [0.25, 0.3) is 0 Å². The summed E-state index contributed by atoms with van der Waals surface area (Å²) in [5.41, 5.74) is 5.63. The lowest BCUT2D eigenvalue weighted by atomic mass is 10.2. The Morgan fingerprint density at radius 1 is 1.15 bits per heavy atom. The first-order valence-electron chi connectivity index (χ1n) is 8.09. The van der Waals surface area contributed by atoms with Crippen LogP contribution in [-0.2, 0) is 14.3 Å². The third-order valence-electron chi connectivity index (χ3n) is 3.74. The van der Waals surface area contributed by atoms with Crippen molar-refractivity contribution in [1.29, 1.82) is 0 Å². The van der Waals surface area contributed by atoms with E-state index in [1.807, 2.05) is 24.5 Å². The molecule has 0 aliphatic rings. The summed E-state index contributed by atoms with van der Waals surface area (Å²) in [6, 6.07) is 7.18. The van der Waals surface area contributed by atoms with E-state index in [-0.39, 0.29) is 6.54 Å². The normalized spacial score (nSPS) is 11.0. The van der Waals surface area contributed by atoms with Crippen LogP contribution in [0.15, 0.2) is 29.4 Å². The van der Waals surface area contributed by atoms with Gasteiger partial charge in [-0.3, -0.25) is 9.59 Å². The highest BCUT2D eigenvalue weighted by Gasteiger charge is 2.13. The number of hydrazone groups is 1. The average molecular weight is 411 g/mol. The number of aryl methyl sites for hydroxylation is 1. The van der Waals surface area contributed by atoms with Gasteiger partial charge in [0.05, 0.1) is 12.8 Å². The molecule has 2 aromatic rings. The van der Waals surface area contributed by atoms with Crippen molar-refractivity contribution in [3.63, 3.8) is 0 Å². The van der Waals surface area contributed by atoms with Crippen LogP contribution >= 0.6 is 23.2 Å². The van der Waals surface area contributed by atoms with Crippen molar-refractivity contribution in [3.05, 3.63) is 51.3 Å². The van der Waals surface area contributed by atoms with Crippen molar-refractivity contribution in [1.82, 2.24) is 15.3 Å². The Kier molecular flexibility index (Phi) is 7.41. The molecule has 0 fully saturated rings. The summed E-state index contributed by atoms with van der Waals surface area (Å²) in [6.45, 7) is 4.40. The molecular formula is C18H20Cl2N4O3. The highest BCUT2D eigenvalue weighted by atomic mass is 35.5. The smallest absolute Gasteiger partial charge is 0.329 e. The van der Waals surface area contributed by atoms with Gasteiger partial charge in [-0.15, -0.1) is 0 Å². The van der Waals surface area contributed by atoms with E-state index in [1.165, 1.54) is 13.3 Å². The molecule has 0 unspecified atom stereocenters. The number of halogens is 2. The summed E-state index contributed by atoms with van der Waals surface area (Å²) < 4.78 is 6.76. The summed E-state index contributed by atoms with van der Waals surface area (Å²) in [5.74, 6) is -1.62. The molecule has 2 N–H and O–H groups in total. The largest absolute Gasteiger partial charge is 0.383 e. The predicted molar refractivity (Wildman–Crippen MR) is 106 cm³/mol. The Balaban J connectivity index is 2.11. The SMILES string of the molecule is COCCNC(=O)C(=O)NN=Cc1cc(C)n(-c2cc(Cl)cc(Cl)c2)c1C. The molecule has 1 aromatic heterocycles. The van der Waals surface area contributed by atoms with Crippen LogP contribution in [0.5, 0.6) is 0 Å². The van der Waals surface area contributed by atoms with Gasteiger partial charge in [0.1, 0.15) is 0 Å². The monoisotopic (exact) mass is 410 g/mol. The number of nitrogens with one attached hydrogen (secondary N) is 2. The Bertz CT molecular complexity index is 857. The van der Waals surface area contributed by atoms with Gasteiger partial charge < -0.3 is 14.6 Å². The molecule has 0 bridgehead atoms. The highest BCUT2D eigenvalue weighted by Crippen LogP contribution is 2.25. The van der Waals surface area contributed by atoms with Gasteiger partial charge in [0.2, 0.25) is 0 Å². The second-order valence-electron chi connectivity index (χ2n) is 5.74. The van der Waals surface area contributed by atoms with Crippen molar-refractivity contribution in [2.75, 3.05) is 20.3 Å². The van der Waals surface area contributed by atoms with E-state index >= 15 is 0 Å². The molecule has 2 rings (SSSR count). The molecule has 0 radical (unpaired) electrons. The Hall–Kier alpha value is -2.35. The summed E-state index contributed by atoms with van der Waals surface area (Å²) in [6.07, 6.45) is 1.48. The first-order valence-corrected chi connectivity index (χ1v) is 8.84. The van der Waals surface area contributed by atoms with E-state index in [1.54, 1.807) is 18.2 Å². The molecule has 0 aliphatic heterocycles. The van der Waals surface area contributed by atoms with Crippen molar-refractivity contribution in [2.45, 2.75) is 13.8 Å². The lowest BCUT2D eigenvalue weighted by molar-refractivity contribution is -0.139. The van der Waals surface area contributed by atoms with E-state index in [4.69, 9.17) is 27.9 Å². The summed E-state index contributed by atoms with van der Waals surface area (Å²) in [5, 5.41) is 7.33. The number of ether oxygens (including phenoxy) is 1. The minimum Gasteiger partial charge on any atom is -0.383 e. The third-order valence-corrected chi connectivity index (χ3v) is 4.18. The number of carbonyl (C=O) groups excluding carboxylic acids is 2. The number of aromatic nitrogens is 1. The zero-order valence-electron chi connectivity index (χ0n) is 15.2. The maximum Gasteiger partial charge on any atom is 0.329 e. The van der Waals surface area contributed by atoms with E-state index in [0.717, 1.165) is 22.6 Å². The van der Waals surface area contributed by atoms with Crippen molar-refractivity contribution in [2.24, 2.45) is 5.10 Å². The van der Waals surface area contributed by atoms with Crippen LogP contribution < -0.4 is 10.7 Å². The number of hydrogen-bond donors (Lipinski definition) is 2. The van der Waals surface area contributed by atoms with Crippen LogP contribution in [0.25, 0.3) is 5.69 Å². The maximum atomic E-state index is 11.7. The van der Waals surface area contributed by atoms with Gasteiger partial charge in [-0.1, -0.05) is 23.2 Å². The molecule has 7 nitrogen and oxygen atoms in total. The van der Waals surface area contributed by atoms with Gasteiger partial charge in [-0.2, -0.15) is 5.10 Å². The topological polar surface area (TPSA) is 84.7 Å². The fourth-order valence-corrected chi connectivity index (χ4v) is 3.06. The number of rotatable bonds is 6. The Morgan fingerprint density at radius 3 is 2.44 bits per heavy atom. The lowest BCUT2D eigenvalue weighted by Gasteiger charge is -2.10. The number of hydrogen-bond acceptors (Lipinski definition) is 4.